The monoisotopic (exact) mass is 233 g/mol. The molecule has 0 bridgehead atoms. The first-order chi connectivity index (χ1) is 7.38. The number of hydrogen-bond acceptors (Lipinski definition) is 2. The van der Waals surface area contributed by atoms with Crippen LogP contribution in [-0.2, 0) is 5.41 Å². The highest BCUT2D eigenvalue weighted by molar-refractivity contribution is 7.18. The molecule has 1 aromatic carbocycles. The van der Waals surface area contributed by atoms with Crippen molar-refractivity contribution in [2.45, 2.75) is 46.0 Å². The van der Waals surface area contributed by atoms with Crippen LogP contribution in [0.1, 0.15) is 51.1 Å². The van der Waals surface area contributed by atoms with E-state index in [0.29, 0.717) is 5.92 Å². The third-order valence-corrected chi connectivity index (χ3v) is 4.10. The summed E-state index contributed by atoms with van der Waals surface area (Å²) >= 11 is 1.81. The van der Waals surface area contributed by atoms with Gasteiger partial charge in [0.2, 0.25) is 0 Å². The summed E-state index contributed by atoms with van der Waals surface area (Å²) in [7, 11) is 0. The summed E-state index contributed by atoms with van der Waals surface area (Å²) < 4.78 is 1.30. The minimum atomic E-state index is 0.204. The average Bonchev–Trinajstić information content (AvgIpc) is 2.58. The van der Waals surface area contributed by atoms with Gasteiger partial charge in [-0.05, 0) is 23.1 Å². The number of aromatic nitrogens is 1. The maximum atomic E-state index is 4.70. The van der Waals surface area contributed by atoms with E-state index in [-0.39, 0.29) is 5.41 Å². The second kappa shape index (κ2) is 3.85. The lowest BCUT2D eigenvalue weighted by atomic mass is 9.87. The van der Waals surface area contributed by atoms with Crippen LogP contribution in [0.2, 0.25) is 0 Å². The van der Waals surface area contributed by atoms with Gasteiger partial charge in [0, 0.05) is 5.92 Å². The molecular weight excluding hydrogens is 214 g/mol. The zero-order valence-electron chi connectivity index (χ0n) is 10.7. The molecule has 0 aliphatic carbocycles. The fraction of sp³-hybridized carbons (Fsp3) is 0.500. The number of nitrogens with zero attached hydrogens (tertiary/aromatic N) is 1. The van der Waals surface area contributed by atoms with Crippen molar-refractivity contribution in [3.05, 3.63) is 28.8 Å². The molecular formula is C14H19NS. The number of benzene rings is 1. The number of thiazole rings is 1. The van der Waals surface area contributed by atoms with Crippen LogP contribution in [0.15, 0.2) is 18.2 Å². The molecule has 0 radical (unpaired) electrons. The number of hydrogen-bond donors (Lipinski definition) is 0. The lowest BCUT2D eigenvalue weighted by Gasteiger charge is -2.18. The lowest BCUT2D eigenvalue weighted by molar-refractivity contribution is 0.591. The molecule has 1 heterocycles. The van der Waals surface area contributed by atoms with Gasteiger partial charge in [-0.3, -0.25) is 0 Å². The third-order valence-electron chi connectivity index (χ3n) is 2.76. The number of rotatable bonds is 1. The van der Waals surface area contributed by atoms with E-state index in [1.165, 1.54) is 15.3 Å². The molecule has 0 unspecified atom stereocenters. The van der Waals surface area contributed by atoms with Gasteiger partial charge in [0.1, 0.15) is 0 Å². The Bertz CT molecular complexity index is 503. The molecule has 86 valence electrons. The first-order valence-electron chi connectivity index (χ1n) is 5.79. The van der Waals surface area contributed by atoms with E-state index in [1.54, 1.807) is 0 Å². The first kappa shape index (κ1) is 11.6. The van der Waals surface area contributed by atoms with Gasteiger partial charge in [0.15, 0.2) is 0 Å². The van der Waals surface area contributed by atoms with Crippen molar-refractivity contribution in [1.29, 1.82) is 0 Å². The topological polar surface area (TPSA) is 12.9 Å². The van der Waals surface area contributed by atoms with Crippen LogP contribution in [0, 0.1) is 0 Å². The molecule has 2 rings (SSSR count). The molecule has 16 heavy (non-hydrogen) atoms. The minimum Gasteiger partial charge on any atom is -0.241 e. The Labute approximate surface area is 102 Å². The van der Waals surface area contributed by atoms with E-state index in [4.69, 9.17) is 4.98 Å². The van der Waals surface area contributed by atoms with Gasteiger partial charge in [-0.25, -0.2) is 4.98 Å². The second-order valence-corrected chi connectivity index (χ2v) is 6.70. The molecule has 0 spiro atoms. The zero-order chi connectivity index (χ0) is 11.9. The largest absolute Gasteiger partial charge is 0.241 e. The normalized spacial score (nSPS) is 12.6. The Morgan fingerprint density at radius 3 is 2.44 bits per heavy atom. The van der Waals surface area contributed by atoms with Crippen molar-refractivity contribution < 1.29 is 0 Å². The van der Waals surface area contributed by atoms with Gasteiger partial charge >= 0.3 is 0 Å². The maximum absolute atomic E-state index is 4.70. The molecule has 0 aliphatic heterocycles. The van der Waals surface area contributed by atoms with Crippen LogP contribution in [-0.4, -0.2) is 4.98 Å². The Kier molecular flexibility index (Phi) is 2.79. The molecule has 0 aliphatic rings. The van der Waals surface area contributed by atoms with Gasteiger partial charge < -0.3 is 0 Å². The van der Waals surface area contributed by atoms with E-state index in [0.717, 1.165) is 5.52 Å². The van der Waals surface area contributed by atoms with E-state index < -0.39 is 0 Å². The highest BCUT2D eigenvalue weighted by Crippen LogP contribution is 2.31. The van der Waals surface area contributed by atoms with Crippen molar-refractivity contribution in [3.63, 3.8) is 0 Å². The van der Waals surface area contributed by atoms with Crippen LogP contribution >= 0.6 is 11.3 Å². The van der Waals surface area contributed by atoms with Gasteiger partial charge in [-0.2, -0.15) is 0 Å². The van der Waals surface area contributed by atoms with Crippen molar-refractivity contribution in [2.24, 2.45) is 0 Å². The van der Waals surface area contributed by atoms with Gasteiger partial charge in [0.05, 0.1) is 15.2 Å². The van der Waals surface area contributed by atoms with Crippen LogP contribution in [0.5, 0.6) is 0 Å². The SMILES string of the molecule is CC(C)c1nc2cc(C(C)(C)C)ccc2s1. The minimum absolute atomic E-state index is 0.204. The fourth-order valence-electron chi connectivity index (χ4n) is 1.66. The van der Waals surface area contributed by atoms with Crippen LogP contribution < -0.4 is 0 Å². The summed E-state index contributed by atoms with van der Waals surface area (Å²) in [6, 6.07) is 6.67. The molecule has 0 N–H and O–H groups in total. The fourth-order valence-corrected chi connectivity index (χ4v) is 2.61. The first-order valence-corrected chi connectivity index (χ1v) is 6.60. The summed E-state index contributed by atoms with van der Waals surface area (Å²) in [6.07, 6.45) is 0. The van der Waals surface area contributed by atoms with E-state index in [2.05, 4.69) is 52.8 Å². The molecule has 1 nitrogen and oxygen atoms in total. The highest BCUT2D eigenvalue weighted by Gasteiger charge is 2.15. The lowest BCUT2D eigenvalue weighted by Crippen LogP contribution is -2.10. The van der Waals surface area contributed by atoms with Gasteiger partial charge in [0.25, 0.3) is 0 Å². The van der Waals surface area contributed by atoms with Crippen molar-refractivity contribution >= 4 is 21.6 Å². The smallest absolute Gasteiger partial charge is 0.0963 e. The predicted octanol–water partition coefficient (Wildman–Crippen LogP) is 4.72. The van der Waals surface area contributed by atoms with Crippen molar-refractivity contribution in [2.75, 3.05) is 0 Å². The maximum Gasteiger partial charge on any atom is 0.0963 e. The molecule has 1 aromatic heterocycles. The second-order valence-electron chi connectivity index (χ2n) is 5.64. The van der Waals surface area contributed by atoms with Gasteiger partial charge in [-0.1, -0.05) is 40.7 Å². The molecule has 0 amide bonds. The summed E-state index contributed by atoms with van der Waals surface area (Å²) in [5, 5.41) is 1.24. The Hall–Kier alpha value is -0.890. The van der Waals surface area contributed by atoms with Crippen molar-refractivity contribution in [3.8, 4) is 0 Å². The van der Waals surface area contributed by atoms with Crippen LogP contribution in [0.4, 0.5) is 0 Å². The summed E-state index contributed by atoms with van der Waals surface area (Å²) in [5.74, 6) is 0.524. The van der Waals surface area contributed by atoms with E-state index in [9.17, 15) is 0 Å². The molecule has 0 saturated heterocycles. The van der Waals surface area contributed by atoms with Crippen molar-refractivity contribution in [1.82, 2.24) is 4.98 Å². The number of fused-ring (bicyclic) bond motifs is 1. The Morgan fingerprint density at radius 2 is 1.88 bits per heavy atom. The molecule has 2 heteroatoms. The summed E-state index contributed by atoms with van der Waals surface area (Å²) in [5.41, 5.74) is 2.72. The zero-order valence-corrected chi connectivity index (χ0v) is 11.5. The molecule has 0 atom stereocenters. The molecule has 2 aromatic rings. The summed E-state index contributed by atoms with van der Waals surface area (Å²) in [6.45, 7) is 11.1. The molecule has 0 fully saturated rings. The highest BCUT2D eigenvalue weighted by atomic mass is 32.1. The van der Waals surface area contributed by atoms with Gasteiger partial charge in [-0.15, -0.1) is 11.3 Å². The van der Waals surface area contributed by atoms with E-state index >= 15 is 0 Å². The van der Waals surface area contributed by atoms with Crippen LogP contribution in [0.25, 0.3) is 10.2 Å². The average molecular weight is 233 g/mol. The Balaban J connectivity index is 2.54. The Morgan fingerprint density at radius 1 is 1.19 bits per heavy atom. The third kappa shape index (κ3) is 2.12. The van der Waals surface area contributed by atoms with E-state index in [1.807, 2.05) is 11.3 Å². The quantitative estimate of drug-likeness (QED) is 0.694. The van der Waals surface area contributed by atoms with Crippen LogP contribution in [0.3, 0.4) is 0 Å². The molecule has 0 saturated carbocycles. The summed E-state index contributed by atoms with van der Waals surface area (Å²) in [4.78, 5) is 4.70. The standard InChI is InChI=1S/C14H19NS/c1-9(2)13-15-11-8-10(14(3,4)5)6-7-12(11)16-13/h6-9H,1-5H3. The predicted molar refractivity (Wildman–Crippen MR) is 72.4 cm³/mol.